The summed E-state index contributed by atoms with van der Waals surface area (Å²) in [5, 5.41) is 5.57. The molecule has 1 N–H and O–H groups in total. The van der Waals surface area contributed by atoms with Crippen LogP contribution in [0.2, 0.25) is 5.02 Å². The third kappa shape index (κ3) is 3.43. The van der Waals surface area contributed by atoms with E-state index in [0.29, 0.717) is 24.4 Å². The molecule has 4 nitrogen and oxygen atoms in total. The molecule has 2 heterocycles. The SMILES string of the molecule is O=C(CCc1ccccc1Cl)NCc1cn2ccsc2n1. The van der Waals surface area contributed by atoms with E-state index in [1.54, 1.807) is 11.3 Å². The molecule has 0 bridgehead atoms. The van der Waals surface area contributed by atoms with Gasteiger partial charge in [0, 0.05) is 29.2 Å². The maximum Gasteiger partial charge on any atom is 0.220 e. The molecular formula is C15H14ClN3OS. The third-order valence-corrected chi connectivity index (χ3v) is 4.33. The number of imidazole rings is 1. The first kappa shape index (κ1) is 14.1. The Kier molecular flexibility index (Phi) is 4.22. The number of aryl methyl sites for hydroxylation is 1. The zero-order valence-electron chi connectivity index (χ0n) is 11.3. The number of nitrogens with one attached hydrogen (secondary N) is 1. The number of amides is 1. The molecule has 0 unspecified atom stereocenters. The van der Waals surface area contributed by atoms with Gasteiger partial charge in [0.2, 0.25) is 5.91 Å². The van der Waals surface area contributed by atoms with Crippen molar-refractivity contribution in [2.24, 2.45) is 0 Å². The molecule has 3 aromatic rings. The summed E-state index contributed by atoms with van der Waals surface area (Å²) in [5.74, 6) is 0.00581. The van der Waals surface area contributed by atoms with E-state index >= 15 is 0 Å². The number of thiazole rings is 1. The Morgan fingerprint density at radius 1 is 1.38 bits per heavy atom. The fourth-order valence-electron chi connectivity index (χ4n) is 2.09. The lowest BCUT2D eigenvalue weighted by molar-refractivity contribution is -0.121. The Bertz CT molecular complexity index is 736. The summed E-state index contributed by atoms with van der Waals surface area (Å²) in [7, 11) is 0. The van der Waals surface area contributed by atoms with E-state index in [-0.39, 0.29) is 5.91 Å². The van der Waals surface area contributed by atoms with E-state index in [9.17, 15) is 4.79 Å². The minimum absolute atomic E-state index is 0.00581. The summed E-state index contributed by atoms with van der Waals surface area (Å²) in [4.78, 5) is 17.2. The first-order valence-electron chi connectivity index (χ1n) is 6.63. The Hall–Kier alpha value is -1.85. The van der Waals surface area contributed by atoms with Crippen molar-refractivity contribution >= 4 is 33.8 Å². The number of aromatic nitrogens is 2. The Balaban J connectivity index is 1.50. The van der Waals surface area contributed by atoms with Crippen molar-refractivity contribution < 1.29 is 4.79 Å². The standard InChI is InChI=1S/C15H14ClN3OS/c16-13-4-2-1-3-11(13)5-6-14(20)17-9-12-10-19-7-8-21-15(19)18-12/h1-4,7-8,10H,5-6,9H2,(H,17,20). The zero-order chi connectivity index (χ0) is 14.7. The smallest absolute Gasteiger partial charge is 0.220 e. The Morgan fingerprint density at radius 2 is 2.24 bits per heavy atom. The van der Waals surface area contributed by atoms with Crippen LogP contribution in [0.25, 0.3) is 4.96 Å². The van der Waals surface area contributed by atoms with Crippen molar-refractivity contribution in [2.75, 3.05) is 0 Å². The van der Waals surface area contributed by atoms with Gasteiger partial charge in [0.25, 0.3) is 0 Å². The van der Waals surface area contributed by atoms with Crippen LogP contribution >= 0.6 is 22.9 Å². The lowest BCUT2D eigenvalue weighted by Crippen LogP contribution is -2.23. The van der Waals surface area contributed by atoms with Gasteiger partial charge in [-0.25, -0.2) is 4.98 Å². The predicted octanol–water partition coefficient (Wildman–Crippen LogP) is 3.30. The fraction of sp³-hybridized carbons (Fsp3) is 0.200. The molecule has 0 aliphatic rings. The second-order valence-electron chi connectivity index (χ2n) is 4.69. The molecule has 21 heavy (non-hydrogen) atoms. The van der Waals surface area contributed by atoms with Crippen molar-refractivity contribution in [3.8, 4) is 0 Å². The van der Waals surface area contributed by atoms with Crippen LogP contribution in [0.5, 0.6) is 0 Å². The summed E-state index contributed by atoms with van der Waals surface area (Å²) in [5.41, 5.74) is 1.87. The van der Waals surface area contributed by atoms with Crippen LogP contribution in [0.3, 0.4) is 0 Å². The molecule has 3 rings (SSSR count). The normalized spacial score (nSPS) is 10.9. The van der Waals surface area contributed by atoms with Crippen molar-refractivity contribution in [3.63, 3.8) is 0 Å². The van der Waals surface area contributed by atoms with Gasteiger partial charge in [0.05, 0.1) is 12.2 Å². The summed E-state index contributed by atoms with van der Waals surface area (Å²) in [6.07, 6.45) is 4.95. The molecule has 1 amide bonds. The van der Waals surface area contributed by atoms with Gasteiger partial charge in [-0.2, -0.15) is 0 Å². The zero-order valence-corrected chi connectivity index (χ0v) is 12.8. The van der Waals surface area contributed by atoms with Crippen LogP contribution in [0.15, 0.2) is 42.0 Å². The highest BCUT2D eigenvalue weighted by Crippen LogP contribution is 2.16. The van der Waals surface area contributed by atoms with Crippen molar-refractivity contribution in [3.05, 3.63) is 58.3 Å². The van der Waals surface area contributed by atoms with Crippen molar-refractivity contribution in [2.45, 2.75) is 19.4 Å². The van der Waals surface area contributed by atoms with Gasteiger partial charge in [-0.05, 0) is 18.1 Å². The maximum absolute atomic E-state index is 11.9. The van der Waals surface area contributed by atoms with Crippen LogP contribution in [-0.2, 0) is 17.8 Å². The van der Waals surface area contributed by atoms with E-state index in [0.717, 1.165) is 16.2 Å². The molecule has 0 saturated carbocycles. The molecule has 0 fully saturated rings. The van der Waals surface area contributed by atoms with E-state index in [1.807, 2.05) is 46.4 Å². The molecule has 0 aliphatic heterocycles. The van der Waals surface area contributed by atoms with Gasteiger partial charge in [-0.1, -0.05) is 29.8 Å². The van der Waals surface area contributed by atoms with Crippen LogP contribution in [0.1, 0.15) is 17.7 Å². The fourth-order valence-corrected chi connectivity index (χ4v) is 3.04. The second-order valence-corrected chi connectivity index (χ2v) is 5.97. The molecule has 0 radical (unpaired) electrons. The molecule has 0 saturated heterocycles. The van der Waals surface area contributed by atoms with Gasteiger partial charge < -0.3 is 5.32 Å². The molecule has 108 valence electrons. The number of benzene rings is 1. The van der Waals surface area contributed by atoms with Crippen LogP contribution < -0.4 is 5.32 Å². The Labute approximate surface area is 131 Å². The average Bonchev–Trinajstić information content (AvgIpc) is 3.05. The van der Waals surface area contributed by atoms with E-state index < -0.39 is 0 Å². The first-order valence-corrected chi connectivity index (χ1v) is 7.89. The largest absolute Gasteiger partial charge is 0.350 e. The Morgan fingerprint density at radius 3 is 3.05 bits per heavy atom. The number of nitrogens with zero attached hydrogens (tertiary/aromatic N) is 2. The molecule has 0 atom stereocenters. The van der Waals surface area contributed by atoms with Crippen molar-refractivity contribution in [1.29, 1.82) is 0 Å². The van der Waals surface area contributed by atoms with Gasteiger partial charge >= 0.3 is 0 Å². The van der Waals surface area contributed by atoms with E-state index in [2.05, 4.69) is 10.3 Å². The number of halogens is 1. The van der Waals surface area contributed by atoms with Crippen LogP contribution in [-0.4, -0.2) is 15.3 Å². The van der Waals surface area contributed by atoms with Crippen LogP contribution in [0.4, 0.5) is 0 Å². The topological polar surface area (TPSA) is 46.4 Å². The van der Waals surface area contributed by atoms with Crippen molar-refractivity contribution in [1.82, 2.24) is 14.7 Å². The molecule has 1 aromatic carbocycles. The van der Waals surface area contributed by atoms with E-state index in [1.165, 1.54) is 0 Å². The lowest BCUT2D eigenvalue weighted by Gasteiger charge is -2.05. The first-order chi connectivity index (χ1) is 10.2. The highest BCUT2D eigenvalue weighted by molar-refractivity contribution is 7.15. The van der Waals surface area contributed by atoms with Gasteiger partial charge in [0.1, 0.15) is 0 Å². The molecular weight excluding hydrogens is 306 g/mol. The summed E-state index contributed by atoms with van der Waals surface area (Å²) in [6, 6.07) is 7.60. The number of carbonyl (C=O) groups excluding carboxylic acids is 1. The molecule has 0 spiro atoms. The monoisotopic (exact) mass is 319 g/mol. The lowest BCUT2D eigenvalue weighted by atomic mass is 10.1. The summed E-state index contributed by atoms with van der Waals surface area (Å²) >= 11 is 7.65. The quantitative estimate of drug-likeness (QED) is 0.784. The molecule has 2 aromatic heterocycles. The number of hydrogen-bond donors (Lipinski definition) is 1. The van der Waals surface area contributed by atoms with Crippen LogP contribution in [0, 0.1) is 0 Å². The highest BCUT2D eigenvalue weighted by Gasteiger charge is 2.07. The maximum atomic E-state index is 11.9. The number of rotatable bonds is 5. The minimum atomic E-state index is 0.00581. The molecule has 6 heteroatoms. The minimum Gasteiger partial charge on any atom is -0.350 e. The molecule has 0 aliphatic carbocycles. The summed E-state index contributed by atoms with van der Waals surface area (Å²) < 4.78 is 1.95. The van der Waals surface area contributed by atoms with E-state index in [4.69, 9.17) is 11.6 Å². The van der Waals surface area contributed by atoms with Gasteiger partial charge in [-0.3, -0.25) is 9.20 Å². The third-order valence-electron chi connectivity index (χ3n) is 3.19. The number of fused-ring (bicyclic) bond motifs is 1. The second kappa shape index (κ2) is 6.28. The average molecular weight is 320 g/mol. The number of hydrogen-bond acceptors (Lipinski definition) is 3. The van der Waals surface area contributed by atoms with Gasteiger partial charge in [0.15, 0.2) is 4.96 Å². The highest BCUT2D eigenvalue weighted by atomic mass is 35.5. The summed E-state index contributed by atoms with van der Waals surface area (Å²) in [6.45, 7) is 0.454. The predicted molar refractivity (Wildman–Crippen MR) is 84.7 cm³/mol. The van der Waals surface area contributed by atoms with Gasteiger partial charge in [-0.15, -0.1) is 11.3 Å². The number of carbonyl (C=O) groups is 1.